The van der Waals surface area contributed by atoms with Gasteiger partial charge in [-0.1, -0.05) is 36.7 Å². The van der Waals surface area contributed by atoms with Gasteiger partial charge in [0.15, 0.2) is 0 Å². The van der Waals surface area contributed by atoms with E-state index in [1.807, 2.05) is 0 Å². The van der Waals surface area contributed by atoms with Gasteiger partial charge in [-0.15, -0.1) is 0 Å². The maximum atomic E-state index is 4.71. The number of halogens is 1. The minimum Gasteiger partial charge on any atom is -0.257 e. The van der Waals surface area contributed by atoms with Crippen LogP contribution in [0.4, 0.5) is 5.69 Å². The smallest absolute Gasteiger partial charge is 0.0676 e. The Kier molecular flexibility index (Phi) is 2.73. The van der Waals surface area contributed by atoms with E-state index >= 15 is 0 Å². The maximum Gasteiger partial charge on any atom is 0.0676 e. The quantitative estimate of drug-likeness (QED) is 0.706. The summed E-state index contributed by atoms with van der Waals surface area (Å²) in [5.74, 6) is 0. The Balaban J connectivity index is 2.75. The van der Waals surface area contributed by atoms with Crippen molar-refractivity contribution in [1.82, 2.24) is 0 Å². The molecule has 0 bridgehead atoms. The van der Waals surface area contributed by atoms with Gasteiger partial charge >= 0.3 is 0 Å². The third kappa shape index (κ3) is 1.46. The van der Waals surface area contributed by atoms with Crippen LogP contribution in [0.3, 0.4) is 0 Å². The van der Waals surface area contributed by atoms with Crippen LogP contribution in [-0.2, 0) is 11.8 Å². The first-order valence-electron chi connectivity index (χ1n) is 5.77. The molecule has 2 rings (SSSR count). The largest absolute Gasteiger partial charge is 0.257 e. The predicted octanol–water partition coefficient (Wildman–Crippen LogP) is 4.70. The summed E-state index contributed by atoms with van der Waals surface area (Å²) in [5.41, 5.74) is 6.54. The molecule has 1 aromatic carbocycles. The summed E-state index contributed by atoms with van der Waals surface area (Å²) in [6.07, 6.45) is 1.05. The molecule has 0 aliphatic carbocycles. The molecule has 0 spiro atoms. The van der Waals surface area contributed by atoms with Crippen LogP contribution in [0.5, 0.6) is 0 Å². The highest BCUT2D eigenvalue weighted by Crippen LogP contribution is 2.45. The number of rotatable bonds is 1. The first-order valence-corrected chi connectivity index (χ1v) is 6.57. The Hall–Kier alpha value is -0.630. The third-order valence-corrected chi connectivity index (χ3v) is 4.86. The topological polar surface area (TPSA) is 12.4 Å². The highest BCUT2D eigenvalue weighted by molar-refractivity contribution is 9.10. The highest BCUT2D eigenvalue weighted by Gasteiger charge is 2.34. The second kappa shape index (κ2) is 3.69. The van der Waals surface area contributed by atoms with Gasteiger partial charge in [-0.25, -0.2) is 0 Å². The molecule has 0 amide bonds. The first kappa shape index (κ1) is 11.8. The van der Waals surface area contributed by atoms with E-state index in [2.05, 4.69) is 56.6 Å². The number of hydrogen-bond donors (Lipinski definition) is 0. The molecule has 1 aliphatic heterocycles. The van der Waals surface area contributed by atoms with Crippen LogP contribution in [0.1, 0.15) is 44.4 Å². The monoisotopic (exact) mass is 279 g/mol. The SMILES string of the molecule is CCc1cc2c(c(C)c1Br)C(C)(C)C(C)=N2. The zero-order valence-corrected chi connectivity index (χ0v) is 12.2. The molecule has 0 unspecified atom stereocenters. The van der Waals surface area contributed by atoms with Crippen molar-refractivity contribution in [2.24, 2.45) is 4.99 Å². The van der Waals surface area contributed by atoms with Crippen molar-refractivity contribution in [1.29, 1.82) is 0 Å². The lowest BCUT2D eigenvalue weighted by molar-refractivity contribution is 0.725. The molecule has 1 aliphatic rings. The Morgan fingerprint density at radius 2 is 1.94 bits per heavy atom. The molecule has 0 saturated heterocycles. The lowest BCUT2D eigenvalue weighted by Crippen LogP contribution is -2.23. The van der Waals surface area contributed by atoms with E-state index in [0.717, 1.165) is 6.42 Å². The molecule has 1 heterocycles. The van der Waals surface area contributed by atoms with Gasteiger partial charge in [0, 0.05) is 15.6 Å². The van der Waals surface area contributed by atoms with Crippen molar-refractivity contribution in [3.05, 3.63) is 27.2 Å². The van der Waals surface area contributed by atoms with Crippen molar-refractivity contribution in [2.75, 3.05) is 0 Å². The zero-order valence-electron chi connectivity index (χ0n) is 10.6. The van der Waals surface area contributed by atoms with E-state index in [0.29, 0.717) is 0 Å². The number of fused-ring (bicyclic) bond motifs is 1. The molecule has 86 valence electrons. The third-order valence-electron chi connectivity index (χ3n) is 3.75. The summed E-state index contributed by atoms with van der Waals surface area (Å²) in [5, 5.41) is 0. The Morgan fingerprint density at radius 3 is 2.50 bits per heavy atom. The fourth-order valence-electron chi connectivity index (χ4n) is 2.48. The van der Waals surface area contributed by atoms with Gasteiger partial charge in [-0.3, -0.25) is 4.99 Å². The molecule has 0 N–H and O–H groups in total. The van der Waals surface area contributed by atoms with Crippen LogP contribution in [0.15, 0.2) is 15.5 Å². The summed E-state index contributed by atoms with van der Waals surface area (Å²) < 4.78 is 1.26. The van der Waals surface area contributed by atoms with Crippen molar-refractivity contribution in [2.45, 2.75) is 46.5 Å². The van der Waals surface area contributed by atoms with Crippen LogP contribution >= 0.6 is 15.9 Å². The zero-order chi connectivity index (χ0) is 12.1. The number of hydrogen-bond acceptors (Lipinski definition) is 1. The van der Waals surface area contributed by atoms with E-state index in [4.69, 9.17) is 4.99 Å². The molecule has 0 saturated carbocycles. The van der Waals surface area contributed by atoms with Gasteiger partial charge in [0.05, 0.1) is 5.69 Å². The first-order chi connectivity index (χ1) is 7.39. The van der Waals surface area contributed by atoms with Gasteiger partial charge < -0.3 is 0 Å². The molecule has 2 heteroatoms. The molecule has 16 heavy (non-hydrogen) atoms. The molecule has 1 nitrogen and oxygen atoms in total. The molecule has 0 atom stereocenters. The van der Waals surface area contributed by atoms with Crippen molar-refractivity contribution < 1.29 is 0 Å². The average molecular weight is 280 g/mol. The summed E-state index contributed by atoms with van der Waals surface area (Å²) in [4.78, 5) is 4.71. The van der Waals surface area contributed by atoms with Gasteiger partial charge in [0.2, 0.25) is 0 Å². The van der Waals surface area contributed by atoms with Crippen LogP contribution in [0.2, 0.25) is 0 Å². The number of aliphatic imine (C=N–C) groups is 1. The van der Waals surface area contributed by atoms with E-state index < -0.39 is 0 Å². The number of benzene rings is 1. The van der Waals surface area contributed by atoms with Crippen molar-refractivity contribution >= 4 is 27.3 Å². The summed E-state index contributed by atoms with van der Waals surface area (Å²) in [7, 11) is 0. The molecular weight excluding hydrogens is 262 g/mol. The normalized spacial score (nSPS) is 17.2. The minimum atomic E-state index is 0.0776. The predicted molar refractivity (Wildman–Crippen MR) is 74.1 cm³/mol. The Labute approximate surface area is 106 Å². The van der Waals surface area contributed by atoms with E-state index in [-0.39, 0.29) is 5.41 Å². The highest BCUT2D eigenvalue weighted by atomic mass is 79.9. The van der Waals surface area contributed by atoms with Crippen molar-refractivity contribution in [3.63, 3.8) is 0 Å². The lowest BCUT2D eigenvalue weighted by atomic mass is 9.79. The van der Waals surface area contributed by atoms with Crippen LogP contribution in [0.25, 0.3) is 0 Å². The minimum absolute atomic E-state index is 0.0776. The molecule has 0 radical (unpaired) electrons. The number of nitrogens with zero attached hydrogens (tertiary/aromatic N) is 1. The van der Waals surface area contributed by atoms with Crippen LogP contribution in [-0.4, -0.2) is 5.71 Å². The van der Waals surface area contributed by atoms with E-state index in [9.17, 15) is 0 Å². The molecule has 0 aromatic heterocycles. The summed E-state index contributed by atoms with van der Waals surface area (Å²) >= 11 is 3.71. The van der Waals surface area contributed by atoms with Crippen molar-refractivity contribution in [3.8, 4) is 0 Å². The van der Waals surface area contributed by atoms with E-state index in [1.54, 1.807) is 0 Å². The van der Waals surface area contributed by atoms with Crippen LogP contribution in [0, 0.1) is 6.92 Å². The lowest BCUT2D eigenvalue weighted by Gasteiger charge is -2.23. The summed E-state index contributed by atoms with van der Waals surface area (Å²) in [6, 6.07) is 2.23. The standard InChI is InChI=1S/C14H18BrN/c1-6-10-7-11-12(8(2)13(10)15)14(4,5)9(3)16-11/h7H,6H2,1-5H3. The number of aryl methyl sites for hydroxylation is 1. The Bertz CT molecular complexity index is 484. The van der Waals surface area contributed by atoms with Gasteiger partial charge in [0.25, 0.3) is 0 Å². The van der Waals surface area contributed by atoms with Crippen LogP contribution < -0.4 is 0 Å². The molecular formula is C14H18BrN. The molecule has 0 fully saturated rings. The second-order valence-corrected chi connectivity index (χ2v) is 5.84. The average Bonchev–Trinajstić information content (AvgIpc) is 2.44. The maximum absolute atomic E-state index is 4.71. The van der Waals surface area contributed by atoms with E-state index in [1.165, 1.54) is 32.6 Å². The molecule has 1 aromatic rings. The van der Waals surface area contributed by atoms with Gasteiger partial charge in [0.1, 0.15) is 0 Å². The fraction of sp³-hybridized carbons (Fsp3) is 0.500. The van der Waals surface area contributed by atoms with Gasteiger partial charge in [-0.2, -0.15) is 0 Å². The summed E-state index contributed by atoms with van der Waals surface area (Å²) in [6.45, 7) is 11.0. The fourth-order valence-corrected chi connectivity index (χ4v) is 3.07. The second-order valence-electron chi connectivity index (χ2n) is 5.04. The van der Waals surface area contributed by atoms with Gasteiger partial charge in [-0.05, 0) is 43.0 Å². The Morgan fingerprint density at radius 1 is 1.31 bits per heavy atom.